The first-order valence-electron chi connectivity index (χ1n) is 5.42. The van der Waals surface area contributed by atoms with Crippen LogP contribution >= 0.6 is 11.3 Å². The molecule has 0 fully saturated rings. The zero-order valence-electron chi connectivity index (χ0n) is 10.5. The number of anilines is 1. The SMILES string of the molecule is COc1ccc(-c2nc(C)c(N)s2)c(C)c1C. The van der Waals surface area contributed by atoms with Crippen molar-refractivity contribution in [3.8, 4) is 16.3 Å². The number of aryl methyl sites for hydroxylation is 1. The van der Waals surface area contributed by atoms with Crippen LogP contribution in [-0.4, -0.2) is 12.1 Å². The highest BCUT2D eigenvalue weighted by molar-refractivity contribution is 7.18. The largest absolute Gasteiger partial charge is 0.496 e. The van der Waals surface area contributed by atoms with Crippen molar-refractivity contribution in [2.75, 3.05) is 12.8 Å². The lowest BCUT2D eigenvalue weighted by Gasteiger charge is -2.10. The Bertz CT molecular complexity index is 541. The van der Waals surface area contributed by atoms with E-state index in [1.807, 2.05) is 19.1 Å². The smallest absolute Gasteiger partial charge is 0.125 e. The Kier molecular flexibility index (Phi) is 3.07. The first-order valence-corrected chi connectivity index (χ1v) is 6.23. The molecule has 1 heterocycles. The number of ether oxygens (including phenoxy) is 1. The number of thiazole rings is 1. The van der Waals surface area contributed by atoms with Gasteiger partial charge in [-0.25, -0.2) is 4.98 Å². The van der Waals surface area contributed by atoms with Gasteiger partial charge in [0.2, 0.25) is 0 Å². The molecule has 0 amide bonds. The van der Waals surface area contributed by atoms with Gasteiger partial charge in [-0.1, -0.05) is 11.3 Å². The van der Waals surface area contributed by atoms with Crippen LogP contribution in [0.25, 0.3) is 10.6 Å². The van der Waals surface area contributed by atoms with Crippen molar-refractivity contribution in [3.05, 3.63) is 29.0 Å². The number of nitrogens with two attached hydrogens (primary N) is 1. The van der Waals surface area contributed by atoms with Gasteiger partial charge in [0.25, 0.3) is 0 Å². The minimum absolute atomic E-state index is 0.785. The van der Waals surface area contributed by atoms with Crippen molar-refractivity contribution in [2.45, 2.75) is 20.8 Å². The molecule has 2 rings (SSSR count). The van der Waals surface area contributed by atoms with Crippen LogP contribution in [0.2, 0.25) is 0 Å². The molecule has 0 aliphatic carbocycles. The van der Waals surface area contributed by atoms with E-state index < -0.39 is 0 Å². The minimum Gasteiger partial charge on any atom is -0.496 e. The van der Waals surface area contributed by atoms with Gasteiger partial charge >= 0.3 is 0 Å². The van der Waals surface area contributed by atoms with E-state index in [0.29, 0.717) is 0 Å². The highest BCUT2D eigenvalue weighted by Gasteiger charge is 2.12. The summed E-state index contributed by atoms with van der Waals surface area (Å²) >= 11 is 1.53. The van der Waals surface area contributed by atoms with Crippen LogP contribution in [0.15, 0.2) is 12.1 Å². The maximum atomic E-state index is 5.85. The van der Waals surface area contributed by atoms with Gasteiger partial charge in [0.15, 0.2) is 0 Å². The van der Waals surface area contributed by atoms with Crippen molar-refractivity contribution in [2.24, 2.45) is 0 Å². The molecule has 1 aromatic carbocycles. The maximum Gasteiger partial charge on any atom is 0.125 e. The molecule has 17 heavy (non-hydrogen) atoms. The number of nitrogens with zero attached hydrogens (tertiary/aromatic N) is 1. The molecular weight excluding hydrogens is 232 g/mol. The van der Waals surface area contributed by atoms with Crippen molar-refractivity contribution in [1.29, 1.82) is 0 Å². The minimum atomic E-state index is 0.785. The van der Waals surface area contributed by atoms with E-state index in [9.17, 15) is 0 Å². The number of hydrogen-bond acceptors (Lipinski definition) is 4. The predicted octanol–water partition coefficient (Wildman–Crippen LogP) is 3.33. The molecule has 3 nitrogen and oxygen atoms in total. The van der Waals surface area contributed by atoms with Gasteiger partial charge in [-0.05, 0) is 44.0 Å². The normalized spacial score (nSPS) is 10.6. The maximum absolute atomic E-state index is 5.85. The lowest BCUT2D eigenvalue weighted by Crippen LogP contribution is -1.92. The number of hydrogen-bond donors (Lipinski definition) is 1. The second kappa shape index (κ2) is 4.37. The molecule has 0 saturated heterocycles. The van der Waals surface area contributed by atoms with Crippen LogP contribution < -0.4 is 10.5 Å². The van der Waals surface area contributed by atoms with Gasteiger partial charge in [-0.15, -0.1) is 0 Å². The zero-order valence-corrected chi connectivity index (χ0v) is 11.3. The fourth-order valence-corrected chi connectivity index (χ4v) is 2.69. The Labute approximate surface area is 105 Å². The monoisotopic (exact) mass is 248 g/mol. The zero-order chi connectivity index (χ0) is 12.6. The second-order valence-corrected chi connectivity index (χ2v) is 5.06. The summed E-state index contributed by atoms with van der Waals surface area (Å²) in [4.78, 5) is 4.49. The second-order valence-electron chi connectivity index (χ2n) is 4.03. The van der Waals surface area contributed by atoms with Gasteiger partial charge in [0, 0.05) is 5.56 Å². The fourth-order valence-electron chi connectivity index (χ4n) is 1.77. The van der Waals surface area contributed by atoms with E-state index in [1.54, 1.807) is 7.11 Å². The molecule has 0 unspecified atom stereocenters. The summed E-state index contributed by atoms with van der Waals surface area (Å²) in [5, 5.41) is 1.76. The number of benzene rings is 1. The molecule has 90 valence electrons. The van der Waals surface area contributed by atoms with Crippen LogP contribution in [0.1, 0.15) is 16.8 Å². The van der Waals surface area contributed by atoms with Gasteiger partial charge in [0.1, 0.15) is 15.8 Å². The number of methoxy groups -OCH3 is 1. The predicted molar refractivity (Wildman–Crippen MR) is 72.7 cm³/mol. The Morgan fingerprint density at radius 2 is 1.88 bits per heavy atom. The highest BCUT2D eigenvalue weighted by atomic mass is 32.1. The third-order valence-corrected chi connectivity index (χ3v) is 4.04. The van der Waals surface area contributed by atoms with E-state index in [2.05, 4.69) is 18.8 Å². The van der Waals surface area contributed by atoms with Gasteiger partial charge in [-0.2, -0.15) is 0 Å². The third kappa shape index (κ3) is 2.00. The average molecular weight is 248 g/mol. The van der Waals surface area contributed by atoms with Gasteiger partial charge < -0.3 is 10.5 Å². The van der Waals surface area contributed by atoms with E-state index in [1.165, 1.54) is 16.9 Å². The molecule has 2 aromatic rings. The Hall–Kier alpha value is -1.55. The van der Waals surface area contributed by atoms with Crippen molar-refractivity contribution < 1.29 is 4.74 Å². The number of nitrogen functional groups attached to an aromatic ring is 1. The van der Waals surface area contributed by atoms with Crippen molar-refractivity contribution in [1.82, 2.24) is 4.98 Å². The average Bonchev–Trinajstić information content (AvgIpc) is 2.63. The Balaban J connectivity index is 2.57. The van der Waals surface area contributed by atoms with E-state index >= 15 is 0 Å². The molecule has 0 aliphatic heterocycles. The summed E-state index contributed by atoms with van der Waals surface area (Å²) in [6, 6.07) is 4.02. The first kappa shape index (κ1) is 11.9. The molecule has 2 N–H and O–H groups in total. The molecule has 0 saturated carbocycles. The van der Waals surface area contributed by atoms with Crippen LogP contribution in [0, 0.1) is 20.8 Å². The summed E-state index contributed by atoms with van der Waals surface area (Å²) in [6.07, 6.45) is 0. The molecular formula is C13H16N2OS. The summed E-state index contributed by atoms with van der Waals surface area (Å²) in [6.45, 7) is 6.07. The lowest BCUT2D eigenvalue weighted by molar-refractivity contribution is 0.411. The lowest BCUT2D eigenvalue weighted by atomic mass is 10.0. The standard InChI is InChI=1S/C13H16N2OS/c1-7-8(2)11(16-4)6-5-10(7)13-15-9(3)12(14)17-13/h5-6H,14H2,1-4H3. The Morgan fingerprint density at radius 1 is 1.18 bits per heavy atom. The number of rotatable bonds is 2. The number of aromatic nitrogens is 1. The van der Waals surface area contributed by atoms with Gasteiger partial charge in [0.05, 0.1) is 12.8 Å². The fraction of sp³-hybridized carbons (Fsp3) is 0.308. The van der Waals surface area contributed by atoms with E-state index in [0.717, 1.165) is 32.6 Å². The van der Waals surface area contributed by atoms with Gasteiger partial charge in [-0.3, -0.25) is 0 Å². The summed E-state index contributed by atoms with van der Waals surface area (Å²) < 4.78 is 5.30. The van der Waals surface area contributed by atoms with Crippen molar-refractivity contribution >= 4 is 16.3 Å². The molecule has 0 atom stereocenters. The summed E-state index contributed by atoms with van der Waals surface area (Å²) in [5.41, 5.74) is 10.2. The van der Waals surface area contributed by atoms with E-state index in [-0.39, 0.29) is 0 Å². The Morgan fingerprint density at radius 3 is 2.41 bits per heavy atom. The molecule has 0 spiro atoms. The third-order valence-electron chi connectivity index (χ3n) is 3.02. The summed E-state index contributed by atoms with van der Waals surface area (Å²) in [7, 11) is 1.69. The highest BCUT2D eigenvalue weighted by Crippen LogP contribution is 2.35. The molecule has 4 heteroatoms. The first-order chi connectivity index (χ1) is 8.04. The van der Waals surface area contributed by atoms with Crippen LogP contribution in [0.5, 0.6) is 5.75 Å². The van der Waals surface area contributed by atoms with Crippen LogP contribution in [0.4, 0.5) is 5.00 Å². The quantitative estimate of drug-likeness (QED) is 0.886. The van der Waals surface area contributed by atoms with Crippen LogP contribution in [0.3, 0.4) is 0 Å². The topological polar surface area (TPSA) is 48.1 Å². The van der Waals surface area contributed by atoms with Crippen LogP contribution in [-0.2, 0) is 0 Å². The molecule has 1 aromatic heterocycles. The summed E-state index contributed by atoms with van der Waals surface area (Å²) in [5.74, 6) is 0.910. The molecule has 0 radical (unpaired) electrons. The molecule has 0 bridgehead atoms. The van der Waals surface area contributed by atoms with E-state index in [4.69, 9.17) is 10.5 Å². The van der Waals surface area contributed by atoms with Crippen molar-refractivity contribution in [3.63, 3.8) is 0 Å². The molecule has 0 aliphatic rings.